The molecule has 1 amide bonds. The SMILES string of the molecule is COc1ccccc1OC(C)CNC(=NCC(=O)N(C)C)NC1CC2CCC1C2. The second-order valence-electron chi connectivity index (χ2n) is 8.34. The van der Waals surface area contributed by atoms with E-state index in [1.165, 1.54) is 25.7 Å². The highest BCUT2D eigenvalue weighted by atomic mass is 16.5. The van der Waals surface area contributed by atoms with E-state index in [1.54, 1.807) is 26.1 Å². The molecule has 160 valence electrons. The van der Waals surface area contributed by atoms with Gasteiger partial charge >= 0.3 is 0 Å². The summed E-state index contributed by atoms with van der Waals surface area (Å²) in [7, 11) is 5.13. The summed E-state index contributed by atoms with van der Waals surface area (Å²) in [6.45, 7) is 2.70. The average molecular weight is 403 g/mol. The van der Waals surface area contributed by atoms with E-state index in [9.17, 15) is 4.79 Å². The number of likely N-dealkylation sites (N-methyl/N-ethyl adjacent to an activating group) is 1. The van der Waals surface area contributed by atoms with E-state index in [4.69, 9.17) is 9.47 Å². The number of amides is 1. The van der Waals surface area contributed by atoms with Gasteiger partial charge in [-0.3, -0.25) is 4.79 Å². The summed E-state index contributed by atoms with van der Waals surface area (Å²) in [5.74, 6) is 3.66. The van der Waals surface area contributed by atoms with Gasteiger partial charge in [0.1, 0.15) is 12.6 Å². The molecule has 2 aliphatic rings. The molecule has 29 heavy (non-hydrogen) atoms. The smallest absolute Gasteiger partial charge is 0.243 e. The van der Waals surface area contributed by atoms with Crippen molar-refractivity contribution < 1.29 is 14.3 Å². The quantitative estimate of drug-likeness (QED) is 0.515. The lowest BCUT2D eigenvalue weighted by Gasteiger charge is -2.26. The second-order valence-corrected chi connectivity index (χ2v) is 8.34. The first-order valence-corrected chi connectivity index (χ1v) is 10.5. The van der Waals surface area contributed by atoms with E-state index < -0.39 is 0 Å². The Morgan fingerprint density at radius 2 is 2.00 bits per heavy atom. The summed E-state index contributed by atoms with van der Waals surface area (Å²) >= 11 is 0. The molecule has 7 nitrogen and oxygen atoms in total. The number of nitrogens with one attached hydrogen (secondary N) is 2. The first-order valence-electron chi connectivity index (χ1n) is 10.5. The van der Waals surface area contributed by atoms with Gasteiger partial charge in [0.15, 0.2) is 17.5 Å². The highest BCUT2D eigenvalue weighted by Crippen LogP contribution is 2.44. The number of carbonyl (C=O) groups is 1. The van der Waals surface area contributed by atoms with Crippen LogP contribution in [0.25, 0.3) is 0 Å². The number of hydrogen-bond donors (Lipinski definition) is 2. The summed E-state index contributed by atoms with van der Waals surface area (Å²) in [5, 5.41) is 6.93. The van der Waals surface area contributed by atoms with Crippen molar-refractivity contribution in [2.45, 2.75) is 44.8 Å². The molecule has 0 heterocycles. The van der Waals surface area contributed by atoms with Crippen molar-refractivity contribution in [1.82, 2.24) is 15.5 Å². The molecule has 2 bridgehead atoms. The van der Waals surface area contributed by atoms with Gasteiger partial charge in [-0.25, -0.2) is 4.99 Å². The minimum atomic E-state index is -0.0946. The molecule has 2 saturated carbocycles. The van der Waals surface area contributed by atoms with Crippen molar-refractivity contribution in [3.05, 3.63) is 24.3 Å². The standard InChI is InChI=1S/C22H34N4O3/c1-15(29-20-8-6-5-7-19(20)28-4)13-23-22(24-14-21(27)26(2)3)25-18-12-16-9-10-17(18)11-16/h5-8,15-18H,9-14H2,1-4H3,(H2,23,24,25). The third-order valence-corrected chi connectivity index (χ3v) is 5.89. The molecule has 7 heteroatoms. The predicted molar refractivity (Wildman–Crippen MR) is 114 cm³/mol. The number of nitrogens with zero attached hydrogens (tertiary/aromatic N) is 2. The van der Waals surface area contributed by atoms with E-state index >= 15 is 0 Å². The van der Waals surface area contributed by atoms with Gasteiger partial charge in [0.25, 0.3) is 0 Å². The molecule has 0 radical (unpaired) electrons. The zero-order valence-electron chi connectivity index (χ0n) is 18.0. The van der Waals surface area contributed by atoms with Gasteiger partial charge in [-0.15, -0.1) is 0 Å². The number of hydrogen-bond acceptors (Lipinski definition) is 4. The topological polar surface area (TPSA) is 75.2 Å². The highest BCUT2D eigenvalue weighted by molar-refractivity contribution is 5.85. The maximum absolute atomic E-state index is 12.0. The van der Waals surface area contributed by atoms with Crippen LogP contribution in [0.15, 0.2) is 29.3 Å². The fourth-order valence-electron chi connectivity index (χ4n) is 4.25. The Morgan fingerprint density at radius 1 is 1.24 bits per heavy atom. The van der Waals surface area contributed by atoms with Crippen LogP contribution in [-0.2, 0) is 4.79 Å². The zero-order valence-corrected chi connectivity index (χ0v) is 18.0. The number of aliphatic imine (C=N–C) groups is 1. The molecular weight excluding hydrogens is 368 g/mol. The zero-order chi connectivity index (χ0) is 20.8. The number of rotatable bonds is 8. The fraction of sp³-hybridized carbons (Fsp3) is 0.636. The molecule has 2 fully saturated rings. The Hall–Kier alpha value is -2.44. The molecule has 0 saturated heterocycles. The van der Waals surface area contributed by atoms with Crippen molar-refractivity contribution >= 4 is 11.9 Å². The van der Waals surface area contributed by atoms with Crippen LogP contribution in [0.3, 0.4) is 0 Å². The monoisotopic (exact) mass is 402 g/mol. The number of ether oxygens (including phenoxy) is 2. The minimum Gasteiger partial charge on any atom is -0.493 e. The maximum atomic E-state index is 12.0. The normalized spacial score (nSPS) is 24.1. The number of methoxy groups -OCH3 is 1. The lowest BCUT2D eigenvalue weighted by molar-refractivity contribution is -0.127. The Bertz CT molecular complexity index is 722. The number of benzene rings is 1. The van der Waals surface area contributed by atoms with E-state index in [2.05, 4.69) is 15.6 Å². The molecule has 2 N–H and O–H groups in total. The third kappa shape index (κ3) is 5.78. The molecule has 4 atom stereocenters. The summed E-state index contributed by atoms with van der Waals surface area (Å²) < 4.78 is 11.4. The Kier molecular flexibility index (Phi) is 7.23. The van der Waals surface area contributed by atoms with Crippen molar-refractivity contribution in [1.29, 1.82) is 0 Å². The third-order valence-electron chi connectivity index (χ3n) is 5.89. The molecule has 1 aromatic carbocycles. The summed E-state index contributed by atoms with van der Waals surface area (Å²) in [4.78, 5) is 18.1. The summed E-state index contributed by atoms with van der Waals surface area (Å²) in [5.41, 5.74) is 0. The summed E-state index contributed by atoms with van der Waals surface area (Å²) in [6.07, 6.45) is 5.06. The van der Waals surface area contributed by atoms with E-state index in [0.29, 0.717) is 30.0 Å². The largest absolute Gasteiger partial charge is 0.493 e. The molecule has 1 aromatic rings. The van der Waals surface area contributed by atoms with Crippen molar-refractivity contribution in [2.24, 2.45) is 16.8 Å². The first-order chi connectivity index (χ1) is 14.0. The molecule has 0 aromatic heterocycles. The highest BCUT2D eigenvalue weighted by Gasteiger charge is 2.39. The number of carbonyl (C=O) groups excluding carboxylic acids is 1. The molecule has 4 unspecified atom stereocenters. The lowest BCUT2D eigenvalue weighted by Crippen LogP contribution is -2.48. The van der Waals surface area contributed by atoms with Crippen LogP contribution >= 0.6 is 0 Å². The predicted octanol–water partition coefficient (Wildman–Crippen LogP) is 2.27. The Labute approximate surface area is 173 Å². The van der Waals surface area contributed by atoms with E-state index in [0.717, 1.165) is 11.8 Å². The number of fused-ring (bicyclic) bond motifs is 2. The van der Waals surface area contributed by atoms with Crippen LogP contribution in [0, 0.1) is 11.8 Å². The molecule has 3 rings (SSSR count). The number of guanidine groups is 1. The molecular formula is C22H34N4O3. The molecule has 2 aliphatic carbocycles. The van der Waals surface area contributed by atoms with Gasteiger partial charge in [-0.2, -0.15) is 0 Å². The van der Waals surface area contributed by atoms with Crippen LogP contribution in [0.1, 0.15) is 32.6 Å². The van der Waals surface area contributed by atoms with Gasteiger partial charge in [-0.1, -0.05) is 18.6 Å². The van der Waals surface area contributed by atoms with E-state index in [-0.39, 0.29) is 18.6 Å². The van der Waals surface area contributed by atoms with Crippen LogP contribution in [-0.4, -0.2) is 63.2 Å². The van der Waals surface area contributed by atoms with Gasteiger partial charge in [0.05, 0.1) is 13.7 Å². The minimum absolute atomic E-state index is 0.0163. The Morgan fingerprint density at radius 3 is 2.62 bits per heavy atom. The second kappa shape index (κ2) is 9.85. The van der Waals surface area contributed by atoms with Crippen molar-refractivity contribution in [3.8, 4) is 11.5 Å². The van der Waals surface area contributed by atoms with Gasteiger partial charge in [0.2, 0.25) is 5.91 Å². The molecule has 0 spiro atoms. The fourth-order valence-corrected chi connectivity index (χ4v) is 4.25. The number of para-hydroxylation sites is 2. The van der Waals surface area contributed by atoms with Crippen molar-refractivity contribution in [3.63, 3.8) is 0 Å². The molecule has 0 aliphatic heterocycles. The van der Waals surface area contributed by atoms with Gasteiger partial charge in [-0.05, 0) is 50.2 Å². The van der Waals surface area contributed by atoms with Crippen LogP contribution < -0.4 is 20.1 Å². The summed E-state index contributed by atoms with van der Waals surface area (Å²) in [6, 6.07) is 8.06. The Balaban J connectivity index is 1.58. The first kappa shape index (κ1) is 21.3. The lowest BCUT2D eigenvalue weighted by atomic mass is 9.95. The van der Waals surface area contributed by atoms with Crippen LogP contribution in [0.4, 0.5) is 0 Å². The van der Waals surface area contributed by atoms with E-state index in [1.807, 2.05) is 31.2 Å². The van der Waals surface area contributed by atoms with Crippen LogP contribution in [0.2, 0.25) is 0 Å². The van der Waals surface area contributed by atoms with Gasteiger partial charge in [0, 0.05) is 20.1 Å². The van der Waals surface area contributed by atoms with Gasteiger partial charge < -0.3 is 25.0 Å². The maximum Gasteiger partial charge on any atom is 0.243 e. The average Bonchev–Trinajstić information content (AvgIpc) is 3.33. The van der Waals surface area contributed by atoms with Crippen LogP contribution in [0.5, 0.6) is 11.5 Å². The van der Waals surface area contributed by atoms with Crippen molar-refractivity contribution in [2.75, 3.05) is 34.3 Å².